The molecule has 0 atom stereocenters. The lowest BCUT2D eigenvalue weighted by Gasteiger charge is -2.04. The first-order valence-electron chi connectivity index (χ1n) is 5.94. The van der Waals surface area contributed by atoms with E-state index in [0.29, 0.717) is 29.2 Å². The van der Waals surface area contributed by atoms with E-state index < -0.39 is 0 Å². The first-order chi connectivity index (χ1) is 9.19. The first-order valence-corrected chi connectivity index (χ1v) is 7.11. The molecule has 1 aromatic carbocycles. The molecule has 0 spiro atoms. The average molecular weight is 346 g/mol. The molecule has 7 heteroatoms. The van der Waals surface area contributed by atoms with Crippen LogP contribution in [0, 0.1) is 0 Å². The van der Waals surface area contributed by atoms with Crippen LogP contribution < -0.4 is 10.6 Å². The summed E-state index contributed by atoms with van der Waals surface area (Å²) in [6.45, 7) is 3.58. The van der Waals surface area contributed by atoms with E-state index in [-0.39, 0.29) is 0 Å². The number of nitrogens with zero attached hydrogens (tertiary/aromatic N) is 2. The number of nitrogens with one attached hydrogen (secondary N) is 2. The minimum absolute atomic E-state index is 0.327. The summed E-state index contributed by atoms with van der Waals surface area (Å²) in [6, 6.07) is 5.82. The molecule has 0 aliphatic heterocycles. The van der Waals surface area contributed by atoms with E-state index in [4.69, 9.17) is 16.0 Å². The van der Waals surface area contributed by atoms with Crippen molar-refractivity contribution in [2.45, 2.75) is 19.9 Å². The van der Waals surface area contributed by atoms with Crippen LogP contribution in [-0.4, -0.2) is 16.7 Å². The van der Waals surface area contributed by atoms with Gasteiger partial charge in [0.05, 0.1) is 17.3 Å². The van der Waals surface area contributed by atoms with Crippen LogP contribution in [0.3, 0.4) is 0 Å². The molecule has 0 bridgehead atoms. The predicted molar refractivity (Wildman–Crippen MR) is 78.7 cm³/mol. The van der Waals surface area contributed by atoms with Crippen molar-refractivity contribution in [3.63, 3.8) is 0 Å². The van der Waals surface area contributed by atoms with E-state index in [9.17, 15) is 0 Å². The minimum atomic E-state index is 0.327. The molecule has 0 amide bonds. The van der Waals surface area contributed by atoms with Crippen LogP contribution in [0.2, 0.25) is 5.02 Å². The van der Waals surface area contributed by atoms with E-state index >= 15 is 0 Å². The molecular weight excluding hydrogens is 332 g/mol. The van der Waals surface area contributed by atoms with Crippen LogP contribution in [0.4, 0.5) is 11.7 Å². The second kappa shape index (κ2) is 6.88. The van der Waals surface area contributed by atoms with Crippen LogP contribution >= 0.6 is 27.5 Å². The molecule has 2 aromatic rings. The normalized spacial score (nSPS) is 10.7. The van der Waals surface area contributed by atoms with Crippen molar-refractivity contribution in [1.82, 2.24) is 15.5 Å². The molecule has 1 aromatic heterocycles. The van der Waals surface area contributed by atoms with Gasteiger partial charge in [-0.2, -0.15) is 0 Å². The monoisotopic (exact) mass is 344 g/mol. The van der Waals surface area contributed by atoms with Gasteiger partial charge >= 0.3 is 6.01 Å². The molecule has 2 N–H and O–H groups in total. The summed E-state index contributed by atoms with van der Waals surface area (Å²) in [7, 11) is 0. The highest BCUT2D eigenvalue weighted by Crippen LogP contribution is 2.28. The van der Waals surface area contributed by atoms with Crippen LogP contribution in [-0.2, 0) is 6.54 Å². The second-order valence-electron chi connectivity index (χ2n) is 3.93. The van der Waals surface area contributed by atoms with Crippen molar-refractivity contribution in [2.75, 3.05) is 11.9 Å². The Morgan fingerprint density at radius 2 is 2.21 bits per heavy atom. The summed E-state index contributed by atoms with van der Waals surface area (Å²) in [4.78, 5) is 0. The summed E-state index contributed by atoms with van der Waals surface area (Å²) >= 11 is 9.45. The molecule has 1 heterocycles. The number of anilines is 2. The number of rotatable bonds is 6. The molecule has 0 saturated carbocycles. The summed E-state index contributed by atoms with van der Waals surface area (Å²) in [5, 5.41) is 14.6. The van der Waals surface area contributed by atoms with Crippen LogP contribution in [0.25, 0.3) is 0 Å². The fourth-order valence-electron chi connectivity index (χ4n) is 1.46. The van der Waals surface area contributed by atoms with Gasteiger partial charge in [-0.05, 0) is 31.2 Å². The Hall–Kier alpha value is -1.11. The van der Waals surface area contributed by atoms with E-state index in [1.165, 1.54) is 0 Å². The number of halogens is 2. The fourth-order valence-corrected chi connectivity index (χ4v) is 1.98. The zero-order valence-corrected chi connectivity index (χ0v) is 12.8. The van der Waals surface area contributed by atoms with Crippen molar-refractivity contribution in [2.24, 2.45) is 0 Å². The first kappa shape index (κ1) is 14.3. The molecule has 0 saturated heterocycles. The smallest absolute Gasteiger partial charge is 0.320 e. The summed E-state index contributed by atoms with van der Waals surface area (Å²) in [5.74, 6) is 0.544. The lowest BCUT2D eigenvalue weighted by molar-refractivity contribution is 0.479. The van der Waals surface area contributed by atoms with E-state index in [1.54, 1.807) is 6.07 Å². The topological polar surface area (TPSA) is 63.0 Å². The summed E-state index contributed by atoms with van der Waals surface area (Å²) in [5.41, 5.74) is 0.716. The Kier molecular flexibility index (Phi) is 5.18. The van der Waals surface area contributed by atoms with Gasteiger partial charge in [0.2, 0.25) is 5.89 Å². The highest BCUT2D eigenvalue weighted by atomic mass is 79.9. The molecular formula is C12H14BrClN4O. The predicted octanol–water partition coefficient (Wildman–Crippen LogP) is 3.73. The average Bonchev–Trinajstić information content (AvgIpc) is 2.82. The lowest BCUT2D eigenvalue weighted by atomic mass is 10.3. The fraction of sp³-hybridized carbons (Fsp3) is 0.333. The van der Waals surface area contributed by atoms with Crippen LogP contribution in [0.1, 0.15) is 19.2 Å². The highest BCUT2D eigenvalue weighted by Gasteiger charge is 2.08. The third-order valence-electron chi connectivity index (χ3n) is 2.34. The van der Waals surface area contributed by atoms with Crippen molar-refractivity contribution < 1.29 is 4.42 Å². The number of hydrogen-bond donors (Lipinski definition) is 2. The Morgan fingerprint density at radius 1 is 1.37 bits per heavy atom. The maximum Gasteiger partial charge on any atom is 0.320 e. The van der Waals surface area contributed by atoms with Crippen LogP contribution in [0.5, 0.6) is 0 Å². The van der Waals surface area contributed by atoms with Crippen molar-refractivity contribution in [3.8, 4) is 0 Å². The van der Waals surface area contributed by atoms with Gasteiger partial charge in [-0.1, -0.05) is 39.6 Å². The van der Waals surface area contributed by atoms with E-state index in [1.807, 2.05) is 12.1 Å². The Labute approximate surface area is 124 Å². The second-order valence-corrected chi connectivity index (χ2v) is 5.25. The molecule has 0 aliphatic rings. The van der Waals surface area contributed by atoms with Gasteiger partial charge in [0.15, 0.2) is 0 Å². The number of aromatic nitrogens is 2. The Balaban J connectivity index is 2.01. The largest absolute Gasteiger partial charge is 0.406 e. The zero-order chi connectivity index (χ0) is 13.7. The molecule has 0 aliphatic carbocycles. The Bertz CT molecular complexity index is 546. The summed E-state index contributed by atoms with van der Waals surface area (Å²) in [6.07, 6.45) is 1.06. The Morgan fingerprint density at radius 3 is 3.00 bits per heavy atom. The molecule has 19 heavy (non-hydrogen) atoms. The molecule has 0 unspecified atom stereocenters. The minimum Gasteiger partial charge on any atom is -0.406 e. The third-order valence-corrected chi connectivity index (χ3v) is 3.16. The maximum atomic E-state index is 6.07. The molecule has 0 fully saturated rings. The SMILES string of the molecule is CCCNCc1nnc(Nc2cc(Br)ccc2Cl)o1. The molecule has 0 radical (unpaired) electrons. The van der Waals surface area contributed by atoms with Gasteiger partial charge in [0.1, 0.15) is 0 Å². The van der Waals surface area contributed by atoms with E-state index in [0.717, 1.165) is 17.4 Å². The maximum absolute atomic E-state index is 6.07. The van der Waals surface area contributed by atoms with Gasteiger partial charge in [-0.25, -0.2) is 0 Å². The quantitative estimate of drug-likeness (QED) is 0.781. The standard InChI is InChI=1S/C12H14BrClN4O/c1-2-5-15-7-11-17-18-12(19-11)16-10-6-8(13)3-4-9(10)14/h3-4,6,15H,2,5,7H2,1H3,(H,16,18). The van der Waals surface area contributed by atoms with Crippen molar-refractivity contribution >= 4 is 39.2 Å². The van der Waals surface area contributed by atoms with Gasteiger partial charge in [0.25, 0.3) is 0 Å². The van der Waals surface area contributed by atoms with Gasteiger partial charge in [0, 0.05) is 4.47 Å². The number of benzene rings is 1. The van der Waals surface area contributed by atoms with Gasteiger partial charge < -0.3 is 15.1 Å². The van der Waals surface area contributed by atoms with Crippen LogP contribution in [0.15, 0.2) is 27.1 Å². The molecule has 5 nitrogen and oxygen atoms in total. The third kappa shape index (κ3) is 4.19. The van der Waals surface area contributed by atoms with Gasteiger partial charge in [-0.3, -0.25) is 0 Å². The molecule has 102 valence electrons. The summed E-state index contributed by atoms with van der Waals surface area (Å²) < 4.78 is 6.38. The van der Waals surface area contributed by atoms with Crippen molar-refractivity contribution in [3.05, 3.63) is 33.6 Å². The van der Waals surface area contributed by atoms with E-state index in [2.05, 4.69) is 43.7 Å². The lowest BCUT2D eigenvalue weighted by Crippen LogP contribution is -2.13. The highest BCUT2D eigenvalue weighted by molar-refractivity contribution is 9.10. The van der Waals surface area contributed by atoms with Crippen molar-refractivity contribution in [1.29, 1.82) is 0 Å². The molecule has 2 rings (SSSR count). The van der Waals surface area contributed by atoms with Gasteiger partial charge in [-0.15, -0.1) is 5.10 Å². The number of hydrogen-bond acceptors (Lipinski definition) is 5. The zero-order valence-electron chi connectivity index (χ0n) is 10.4.